The van der Waals surface area contributed by atoms with Crippen molar-refractivity contribution in [2.45, 2.75) is 12.8 Å². The second-order valence-corrected chi connectivity index (χ2v) is 5.67. The SMILES string of the molecule is O=C1/C(=C/Nc2ccc(F)cc2)CCc2c1[nH]c1ccccc21. The van der Waals surface area contributed by atoms with E-state index in [2.05, 4.69) is 10.3 Å². The molecule has 4 heteroatoms. The lowest BCUT2D eigenvalue weighted by Gasteiger charge is -2.14. The molecular formula is C19H15FN2O. The lowest BCUT2D eigenvalue weighted by Crippen LogP contribution is -2.14. The van der Waals surface area contributed by atoms with Crippen LogP contribution in [0.3, 0.4) is 0 Å². The van der Waals surface area contributed by atoms with Crippen LogP contribution in [0.1, 0.15) is 22.5 Å². The molecule has 3 aromatic rings. The van der Waals surface area contributed by atoms with Crippen LogP contribution in [0.4, 0.5) is 10.1 Å². The van der Waals surface area contributed by atoms with Crippen molar-refractivity contribution in [2.24, 2.45) is 0 Å². The van der Waals surface area contributed by atoms with Gasteiger partial charge in [-0.3, -0.25) is 4.79 Å². The van der Waals surface area contributed by atoms with Gasteiger partial charge < -0.3 is 10.3 Å². The Kier molecular flexibility index (Phi) is 3.23. The zero-order chi connectivity index (χ0) is 15.8. The van der Waals surface area contributed by atoms with Crippen molar-refractivity contribution in [3.05, 3.63) is 77.4 Å². The number of anilines is 1. The molecule has 4 rings (SSSR count). The topological polar surface area (TPSA) is 44.9 Å². The Labute approximate surface area is 132 Å². The van der Waals surface area contributed by atoms with E-state index in [0.29, 0.717) is 12.1 Å². The van der Waals surface area contributed by atoms with Gasteiger partial charge in [0.05, 0.1) is 5.69 Å². The highest BCUT2D eigenvalue weighted by Gasteiger charge is 2.25. The molecule has 2 aromatic carbocycles. The van der Waals surface area contributed by atoms with Crippen molar-refractivity contribution in [1.82, 2.24) is 4.98 Å². The molecule has 0 fully saturated rings. The van der Waals surface area contributed by atoms with Gasteiger partial charge in [0.2, 0.25) is 5.78 Å². The number of Topliss-reactive ketones (excluding diaryl/α,β-unsaturated/α-hetero) is 1. The van der Waals surface area contributed by atoms with E-state index in [4.69, 9.17) is 0 Å². The number of rotatable bonds is 2. The van der Waals surface area contributed by atoms with Gasteiger partial charge in [0.25, 0.3) is 0 Å². The molecule has 0 spiro atoms. The summed E-state index contributed by atoms with van der Waals surface area (Å²) in [5, 5.41) is 4.20. The molecule has 114 valence electrons. The molecule has 0 bridgehead atoms. The predicted molar refractivity (Wildman–Crippen MR) is 89.1 cm³/mol. The molecule has 1 heterocycles. The van der Waals surface area contributed by atoms with Crippen molar-refractivity contribution in [3.63, 3.8) is 0 Å². The number of aryl methyl sites for hydroxylation is 1. The Hall–Kier alpha value is -2.88. The summed E-state index contributed by atoms with van der Waals surface area (Å²) in [6.07, 6.45) is 3.26. The van der Waals surface area contributed by atoms with E-state index >= 15 is 0 Å². The van der Waals surface area contributed by atoms with Gasteiger partial charge in [0, 0.05) is 28.4 Å². The molecule has 0 unspecified atom stereocenters. The maximum atomic E-state index is 12.9. The number of hydrogen-bond donors (Lipinski definition) is 2. The quantitative estimate of drug-likeness (QED) is 0.688. The summed E-state index contributed by atoms with van der Waals surface area (Å²) < 4.78 is 12.9. The minimum absolute atomic E-state index is 0.0251. The molecule has 2 N–H and O–H groups in total. The predicted octanol–water partition coefficient (Wildman–Crippen LogP) is 4.43. The Morgan fingerprint density at radius 2 is 1.83 bits per heavy atom. The van der Waals surface area contributed by atoms with Crippen molar-refractivity contribution in [1.29, 1.82) is 0 Å². The summed E-state index contributed by atoms with van der Waals surface area (Å²) in [6.45, 7) is 0. The number of allylic oxidation sites excluding steroid dienone is 1. The minimum atomic E-state index is -0.278. The molecule has 0 saturated carbocycles. The van der Waals surface area contributed by atoms with Crippen LogP contribution in [0.25, 0.3) is 10.9 Å². The Morgan fingerprint density at radius 1 is 1.04 bits per heavy atom. The first-order valence-corrected chi connectivity index (χ1v) is 7.58. The number of nitrogens with one attached hydrogen (secondary N) is 2. The first-order valence-electron chi connectivity index (χ1n) is 7.58. The van der Waals surface area contributed by atoms with Crippen LogP contribution in [0.15, 0.2) is 60.3 Å². The zero-order valence-corrected chi connectivity index (χ0v) is 12.4. The van der Waals surface area contributed by atoms with Crippen LogP contribution in [0, 0.1) is 5.82 Å². The van der Waals surface area contributed by atoms with Gasteiger partial charge in [-0.05, 0) is 48.7 Å². The number of halogens is 1. The van der Waals surface area contributed by atoms with E-state index in [-0.39, 0.29) is 11.6 Å². The van der Waals surface area contributed by atoms with Crippen LogP contribution in [0.2, 0.25) is 0 Å². The molecule has 0 aliphatic heterocycles. The molecule has 0 atom stereocenters. The average Bonchev–Trinajstić information content (AvgIpc) is 2.95. The van der Waals surface area contributed by atoms with E-state index < -0.39 is 0 Å². The number of aromatic nitrogens is 1. The highest BCUT2D eigenvalue weighted by molar-refractivity contribution is 6.13. The second-order valence-electron chi connectivity index (χ2n) is 5.67. The summed E-state index contributed by atoms with van der Waals surface area (Å²) in [7, 11) is 0. The molecular weight excluding hydrogens is 291 g/mol. The fourth-order valence-corrected chi connectivity index (χ4v) is 3.04. The van der Waals surface area contributed by atoms with Gasteiger partial charge in [0.15, 0.2) is 0 Å². The van der Waals surface area contributed by atoms with Gasteiger partial charge in [-0.2, -0.15) is 0 Å². The van der Waals surface area contributed by atoms with Gasteiger partial charge in [0.1, 0.15) is 5.82 Å². The number of para-hydroxylation sites is 1. The van der Waals surface area contributed by atoms with Crippen molar-refractivity contribution < 1.29 is 9.18 Å². The fourth-order valence-electron chi connectivity index (χ4n) is 3.04. The van der Waals surface area contributed by atoms with Crippen molar-refractivity contribution >= 4 is 22.4 Å². The van der Waals surface area contributed by atoms with Gasteiger partial charge in [-0.25, -0.2) is 4.39 Å². The van der Waals surface area contributed by atoms with Gasteiger partial charge in [-0.15, -0.1) is 0 Å². The first kappa shape index (κ1) is 13.8. The van der Waals surface area contributed by atoms with E-state index in [1.807, 2.05) is 24.3 Å². The number of hydrogen-bond acceptors (Lipinski definition) is 2. The third-order valence-corrected chi connectivity index (χ3v) is 4.23. The Bertz CT molecular complexity index is 922. The molecule has 0 saturated heterocycles. The standard InChI is InChI=1S/C19H15FN2O/c20-13-6-8-14(9-7-13)21-11-12-5-10-16-15-3-1-2-4-17(15)22-18(16)19(12)23/h1-4,6-9,11,21-22H,5,10H2/b12-11+. The number of carbonyl (C=O) groups is 1. The summed E-state index contributed by atoms with van der Waals surface area (Å²) in [5.41, 5.74) is 4.27. The number of benzene rings is 2. The van der Waals surface area contributed by atoms with Crippen molar-refractivity contribution in [3.8, 4) is 0 Å². The molecule has 0 amide bonds. The van der Waals surface area contributed by atoms with E-state index in [1.54, 1.807) is 18.3 Å². The normalized spacial score (nSPS) is 15.9. The van der Waals surface area contributed by atoms with Gasteiger partial charge in [-0.1, -0.05) is 18.2 Å². The molecule has 23 heavy (non-hydrogen) atoms. The van der Waals surface area contributed by atoms with E-state index in [9.17, 15) is 9.18 Å². The molecule has 1 aromatic heterocycles. The third kappa shape index (κ3) is 2.42. The lowest BCUT2D eigenvalue weighted by atomic mass is 9.91. The zero-order valence-electron chi connectivity index (χ0n) is 12.4. The van der Waals surface area contributed by atoms with Crippen LogP contribution >= 0.6 is 0 Å². The Balaban J connectivity index is 1.64. The smallest absolute Gasteiger partial charge is 0.206 e. The molecule has 1 aliphatic rings. The van der Waals surface area contributed by atoms with E-state index in [1.165, 1.54) is 12.1 Å². The average molecular weight is 306 g/mol. The highest BCUT2D eigenvalue weighted by Crippen LogP contribution is 2.31. The monoisotopic (exact) mass is 306 g/mol. The lowest BCUT2D eigenvalue weighted by molar-refractivity contribution is 0.102. The summed E-state index contributed by atoms with van der Waals surface area (Å²) in [6, 6.07) is 14.1. The highest BCUT2D eigenvalue weighted by atomic mass is 19.1. The molecule has 3 nitrogen and oxygen atoms in total. The maximum Gasteiger partial charge on any atom is 0.206 e. The number of aromatic amines is 1. The number of ketones is 1. The van der Waals surface area contributed by atoms with Crippen LogP contribution in [-0.4, -0.2) is 10.8 Å². The molecule has 1 aliphatic carbocycles. The third-order valence-electron chi connectivity index (χ3n) is 4.23. The first-order chi connectivity index (χ1) is 11.2. The van der Waals surface area contributed by atoms with Crippen molar-refractivity contribution in [2.75, 3.05) is 5.32 Å². The number of H-pyrrole nitrogens is 1. The fraction of sp³-hybridized carbons (Fsp3) is 0.105. The van der Waals surface area contributed by atoms with Crippen LogP contribution in [0.5, 0.6) is 0 Å². The van der Waals surface area contributed by atoms with Crippen LogP contribution in [-0.2, 0) is 6.42 Å². The Morgan fingerprint density at radius 3 is 2.65 bits per heavy atom. The van der Waals surface area contributed by atoms with Gasteiger partial charge >= 0.3 is 0 Å². The molecule has 0 radical (unpaired) electrons. The van der Waals surface area contributed by atoms with Crippen LogP contribution < -0.4 is 5.32 Å². The van der Waals surface area contributed by atoms with E-state index in [0.717, 1.165) is 34.1 Å². The summed E-state index contributed by atoms with van der Waals surface area (Å²) in [4.78, 5) is 15.9. The maximum absolute atomic E-state index is 12.9. The summed E-state index contributed by atoms with van der Waals surface area (Å²) in [5.74, 6) is -0.253. The largest absolute Gasteiger partial charge is 0.361 e. The number of fused-ring (bicyclic) bond motifs is 3. The second kappa shape index (κ2) is 5.39. The number of carbonyl (C=O) groups excluding carboxylic acids is 1. The minimum Gasteiger partial charge on any atom is -0.361 e. The summed E-state index contributed by atoms with van der Waals surface area (Å²) >= 11 is 0.